The van der Waals surface area contributed by atoms with Gasteiger partial charge in [-0.25, -0.2) is 0 Å². The number of amides is 2. The van der Waals surface area contributed by atoms with E-state index in [2.05, 4.69) is 10.6 Å². The number of hydrogen-bond donors (Lipinski definition) is 2. The molecular formula is C17H24N2O4. The number of anilines is 1. The number of nitrogens with one attached hydrogen (secondary N) is 2. The molecule has 23 heavy (non-hydrogen) atoms. The second-order valence-corrected chi connectivity index (χ2v) is 5.82. The summed E-state index contributed by atoms with van der Waals surface area (Å²) < 4.78 is 4.96. The van der Waals surface area contributed by atoms with Gasteiger partial charge in [-0.2, -0.15) is 0 Å². The lowest BCUT2D eigenvalue weighted by Gasteiger charge is -2.17. The van der Waals surface area contributed by atoms with Gasteiger partial charge in [-0.1, -0.05) is 26.0 Å². The Bertz CT molecular complexity index is 552. The number of carbonyl (C=O) groups excluding carboxylic acids is 3. The number of benzene rings is 1. The van der Waals surface area contributed by atoms with Gasteiger partial charge in [0.05, 0.1) is 6.42 Å². The normalized spacial score (nSPS) is 11.7. The zero-order valence-electron chi connectivity index (χ0n) is 14.0. The Morgan fingerprint density at radius 3 is 2.22 bits per heavy atom. The highest BCUT2D eigenvalue weighted by atomic mass is 16.5. The van der Waals surface area contributed by atoms with E-state index in [9.17, 15) is 14.4 Å². The molecule has 0 aliphatic carbocycles. The van der Waals surface area contributed by atoms with Gasteiger partial charge in [0.25, 0.3) is 5.91 Å². The number of esters is 1. The molecule has 0 heterocycles. The predicted molar refractivity (Wildman–Crippen MR) is 87.9 cm³/mol. The average molecular weight is 320 g/mol. The van der Waals surface area contributed by atoms with Crippen LogP contribution in [0.15, 0.2) is 24.3 Å². The van der Waals surface area contributed by atoms with Gasteiger partial charge in [-0.3, -0.25) is 14.4 Å². The predicted octanol–water partition coefficient (Wildman–Crippen LogP) is 1.89. The van der Waals surface area contributed by atoms with Crippen molar-refractivity contribution < 1.29 is 19.1 Å². The van der Waals surface area contributed by atoms with Gasteiger partial charge in [0.15, 0.2) is 6.61 Å². The lowest BCUT2D eigenvalue weighted by atomic mass is 10.1. The van der Waals surface area contributed by atoms with Gasteiger partial charge in [0.1, 0.15) is 0 Å². The minimum absolute atomic E-state index is 0.0301. The van der Waals surface area contributed by atoms with E-state index < -0.39 is 5.97 Å². The molecule has 0 bridgehead atoms. The third kappa shape index (κ3) is 7.44. The van der Waals surface area contributed by atoms with Crippen LogP contribution in [0.3, 0.4) is 0 Å². The highest BCUT2D eigenvalue weighted by Gasteiger charge is 2.13. The first kappa shape index (κ1) is 18.7. The SMILES string of the molecule is CC(=O)Nc1ccc(CC(=O)OCC(=O)N[C@H](C)C(C)C)cc1. The molecule has 2 N–H and O–H groups in total. The second kappa shape index (κ2) is 8.92. The zero-order valence-corrected chi connectivity index (χ0v) is 14.0. The van der Waals surface area contributed by atoms with Crippen LogP contribution in [0.1, 0.15) is 33.3 Å². The van der Waals surface area contributed by atoms with E-state index in [1.54, 1.807) is 24.3 Å². The van der Waals surface area contributed by atoms with E-state index in [4.69, 9.17) is 4.74 Å². The summed E-state index contributed by atoms with van der Waals surface area (Å²) in [5, 5.41) is 5.41. The first-order valence-corrected chi connectivity index (χ1v) is 7.59. The molecule has 0 aliphatic rings. The van der Waals surface area contributed by atoms with Gasteiger partial charge >= 0.3 is 5.97 Å². The Labute approximate surface area is 136 Å². The van der Waals surface area contributed by atoms with E-state index in [0.29, 0.717) is 11.6 Å². The summed E-state index contributed by atoms with van der Waals surface area (Å²) in [6.45, 7) is 7.06. The van der Waals surface area contributed by atoms with Gasteiger partial charge in [-0.05, 0) is 30.5 Å². The first-order valence-electron chi connectivity index (χ1n) is 7.59. The Morgan fingerprint density at radius 2 is 1.70 bits per heavy atom. The number of hydrogen-bond acceptors (Lipinski definition) is 4. The third-order valence-electron chi connectivity index (χ3n) is 3.38. The van der Waals surface area contributed by atoms with Crippen molar-refractivity contribution in [1.29, 1.82) is 0 Å². The lowest BCUT2D eigenvalue weighted by molar-refractivity contribution is -0.148. The average Bonchev–Trinajstić information content (AvgIpc) is 2.46. The van der Waals surface area contributed by atoms with Crippen LogP contribution in [0.25, 0.3) is 0 Å². The zero-order chi connectivity index (χ0) is 17.4. The molecule has 0 fully saturated rings. The van der Waals surface area contributed by atoms with Gasteiger partial charge < -0.3 is 15.4 Å². The molecule has 126 valence electrons. The third-order valence-corrected chi connectivity index (χ3v) is 3.38. The maximum absolute atomic E-state index is 11.7. The minimum Gasteiger partial charge on any atom is -0.455 e. The van der Waals surface area contributed by atoms with Gasteiger partial charge in [-0.15, -0.1) is 0 Å². The summed E-state index contributed by atoms with van der Waals surface area (Å²) >= 11 is 0. The van der Waals surface area contributed by atoms with E-state index in [1.165, 1.54) is 6.92 Å². The topological polar surface area (TPSA) is 84.5 Å². The standard InChI is InChI=1S/C17H24N2O4/c1-11(2)12(3)18-16(21)10-23-17(22)9-14-5-7-15(8-6-14)19-13(4)20/h5-8,11-12H,9-10H2,1-4H3,(H,18,21)(H,19,20)/t12-/m1/s1. The van der Waals surface area contributed by atoms with Crippen LogP contribution in [-0.4, -0.2) is 30.4 Å². The van der Waals surface area contributed by atoms with Crippen LogP contribution in [0.4, 0.5) is 5.69 Å². The smallest absolute Gasteiger partial charge is 0.310 e. The quantitative estimate of drug-likeness (QED) is 0.751. The van der Waals surface area contributed by atoms with Crippen molar-refractivity contribution in [2.75, 3.05) is 11.9 Å². The van der Waals surface area contributed by atoms with Crippen molar-refractivity contribution in [3.05, 3.63) is 29.8 Å². The molecule has 1 atom stereocenters. The molecule has 0 saturated carbocycles. The van der Waals surface area contributed by atoms with Crippen molar-refractivity contribution in [2.45, 2.75) is 40.2 Å². The fourth-order valence-electron chi connectivity index (χ4n) is 1.74. The maximum atomic E-state index is 11.7. The van der Waals surface area contributed by atoms with Crippen LogP contribution < -0.4 is 10.6 Å². The van der Waals surface area contributed by atoms with Gasteiger partial charge in [0.2, 0.25) is 5.91 Å². The van der Waals surface area contributed by atoms with E-state index in [-0.39, 0.29) is 30.9 Å². The highest BCUT2D eigenvalue weighted by Crippen LogP contribution is 2.10. The molecule has 2 amide bonds. The molecule has 0 spiro atoms. The molecule has 6 heteroatoms. The highest BCUT2D eigenvalue weighted by molar-refractivity contribution is 5.88. The fraction of sp³-hybridized carbons (Fsp3) is 0.471. The molecule has 0 unspecified atom stereocenters. The molecule has 1 rings (SSSR count). The first-order chi connectivity index (χ1) is 10.8. The van der Waals surface area contributed by atoms with Crippen LogP contribution in [0.5, 0.6) is 0 Å². The summed E-state index contributed by atoms with van der Waals surface area (Å²) in [5.74, 6) is -0.610. The number of rotatable bonds is 7. The lowest BCUT2D eigenvalue weighted by Crippen LogP contribution is -2.38. The van der Waals surface area contributed by atoms with Crippen molar-refractivity contribution in [1.82, 2.24) is 5.32 Å². The number of ether oxygens (including phenoxy) is 1. The molecule has 0 radical (unpaired) electrons. The molecular weight excluding hydrogens is 296 g/mol. The molecule has 6 nitrogen and oxygen atoms in total. The summed E-state index contributed by atoms with van der Waals surface area (Å²) in [5.41, 5.74) is 1.41. The van der Waals surface area contributed by atoms with E-state index in [0.717, 1.165) is 5.56 Å². The summed E-state index contributed by atoms with van der Waals surface area (Å²) in [6, 6.07) is 6.91. The molecule has 1 aromatic carbocycles. The Kier molecular flexibility index (Phi) is 7.25. The summed E-state index contributed by atoms with van der Waals surface area (Å²) in [4.78, 5) is 34.3. The molecule has 0 aromatic heterocycles. The Morgan fingerprint density at radius 1 is 1.09 bits per heavy atom. The summed E-state index contributed by atoms with van der Waals surface area (Å²) in [6.07, 6.45) is 0.0768. The Balaban J connectivity index is 2.39. The van der Waals surface area contributed by atoms with E-state index >= 15 is 0 Å². The van der Waals surface area contributed by atoms with Crippen LogP contribution >= 0.6 is 0 Å². The van der Waals surface area contributed by atoms with Crippen molar-refractivity contribution in [3.63, 3.8) is 0 Å². The van der Waals surface area contributed by atoms with Crippen LogP contribution in [-0.2, 0) is 25.5 Å². The van der Waals surface area contributed by atoms with Gasteiger partial charge in [0, 0.05) is 18.7 Å². The minimum atomic E-state index is -0.468. The maximum Gasteiger partial charge on any atom is 0.310 e. The molecule has 0 aliphatic heterocycles. The van der Waals surface area contributed by atoms with Crippen LogP contribution in [0.2, 0.25) is 0 Å². The summed E-state index contributed by atoms with van der Waals surface area (Å²) in [7, 11) is 0. The van der Waals surface area contributed by atoms with Crippen molar-refractivity contribution in [2.24, 2.45) is 5.92 Å². The van der Waals surface area contributed by atoms with Crippen molar-refractivity contribution in [3.8, 4) is 0 Å². The van der Waals surface area contributed by atoms with E-state index in [1.807, 2.05) is 20.8 Å². The Hall–Kier alpha value is -2.37. The molecule has 1 aromatic rings. The number of carbonyl (C=O) groups is 3. The largest absolute Gasteiger partial charge is 0.455 e. The van der Waals surface area contributed by atoms with Crippen LogP contribution in [0, 0.1) is 5.92 Å². The van der Waals surface area contributed by atoms with Crippen molar-refractivity contribution >= 4 is 23.5 Å². The monoisotopic (exact) mass is 320 g/mol. The fourth-order valence-corrected chi connectivity index (χ4v) is 1.74. The molecule has 0 saturated heterocycles. The second-order valence-electron chi connectivity index (χ2n) is 5.82.